The number of carbonyl (C=O) groups excluding carboxylic acids is 2. The maximum atomic E-state index is 12.5. The number of rotatable bonds is 4. The van der Waals surface area contributed by atoms with Crippen LogP contribution in [0.15, 0.2) is 42.7 Å². The molecule has 140 valence electrons. The lowest BCUT2D eigenvalue weighted by molar-refractivity contribution is -0.120. The molecule has 1 aliphatic carbocycles. The minimum atomic E-state index is -0.128. The number of nitrogens with one attached hydrogen (secondary N) is 2. The zero-order chi connectivity index (χ0) is 18.6. The number of nitrogens with zero attached hydrogens (tertiary/aromatic N) is 1. The lowest BCUT2D eigenvalue weighted by Gasteiger charge is -2.28. The molecule has 2 aliphatic rings. The fraction of sp³-hybridized carbons (Fsp3) is 0.350. The van der Waals surface area contributed by atoms with Crippen LogP contribution in [0.2, 0.25) is 0 Å². The zero-order valence-electron chi connectivity index (χ0n) is 14.8. The van der Waals surface area contributed by atoms with E-state index in [9.17, 15) is 9.59 Å². The molecule has 2 amide bonds. The van der Waals surface area contributed by atoms with E-state index in [-0.39, 0.29) is 30.6 Å². The number of hydrogen-bond donors (Lipinski definition) is 2. The van der Waals surface area contributed by atoms with Crippen LogP contribution in [0.4, 0.5) is 5.69 Å². The van der Waals surface area contributed by atoms with Crippen molar-refractivity contribution in [1.82, 2.24) is 10.3 Å². The van der Waals surface area contributed by atoms with Crippen LogP contribution < -0.4 is 20.1 Å². The standard InChI is InChI=1S/C20H21N3O4/c24-19(23-16-2-1-9-21-11-16)13-3-6-15(7-4-13)22-20(25)14-5-8-17-18(10-14)27-12-26-17/h1-2,5,8-11,13,15H,3-4,6-7,12H2,(H,22,25)(H,23,24). The van der Waals surface area contributed by atoms with E-state index in [2.05, 4.69) is 15.6 Å². The number of amides is 2. The molecular weight excluding hydrogens is 346 g/mol. The van der Waals surface area contributed by atoms with Crippen molar-refractivity contribution in [3.05, 3.63) is 48.3 Å². The highest BCUT2D eigenvalue weighted by Crippen LogP contribution is 2.32. The van der Waals surface area contributed by atoms with Crippen molar-refractivity contribution in [2.75, 3.05) is 12.1 Å². The minimum absolute atomic E-state index is 0.0172. The van der Waals surface area contributed by atoms with Crippen molar-refractivity contribution < 1.29 is 19.1 Å². The van der Waals surface area contributed by atoms with Crippen molar-refractivity contribution in [3.8, 4) is 11.5 Å². The Morgan fingerprint density at radius 2 is 1.85 bits per heavy atom. The van der Waals surface area contributed by atoms with E-state index < -0.39 is 0 Å². The summed E-state index contributed by atoms with van der Waals surface area (Å²) in [5, 5.41) is 5.96. The summed E-state index contributed by atoms with van der Waals surface area (Å²) in [6, 6.07) is 8.86. The fourth-order valence-electron chi connectivity index (χ4n) is 3.49. The maximum Gasteiger partial charge on any atom is 0.251 e. The van der Waals surface area contributed by atoms with Gasteiger partial charge in [-0.3, -0.25) is 14.6 Å². The van der Waals surface area contributed by atoms with Crippen molar-refractivity contribution >= 4 is 17.5 Å². The molecule has 1 aliphatic heterocycles. The highest BCUT2D eigenvalue weighted by molar-refractivity contribution is 5.95. The first-order valence-corrected chi connectivity index (χ1v) is 9.10. The Morgan fingerprint density at radius 1 is 1.04 bits per heavy atom. The smallest absolute Gasteiger partial charge is 0.251 e. The number of anilines is 1. The molecule has 1 fully saturated rings. The second-order valence-corrected chi connectivity index (χ2v) is 6.82. The van der Waals surface area contributed by atoms with E-state index in [1.165, 1.54) is 0 Å². The first-order chi connectivity index (χ1) is 13.2. The van der Waals surface area contributed by atoms with Crippen molar-refractivity contribution in [3.63, 3.8) is 0 Å². The van der Waals surface area contributed by atoms with Crippen molar-refractivity contribution in [1.29, 1.82) is 0 Å². The Bertz CT molecular complexity index is 832. The van der Waals surface area contributed by atoms with Gasteiger partial charge in [0.25, 0.3) is 5.91 Å². The van der Waals surface area contributed by atoms with Crippen LogP contribution in [0.25, 0.3) is 0 Å². The molecular formula is C20H21N3O4. The monoisotopic (exact) mass is 367 g/mol. The number of pyridine rings is 1. The summed E-state index contributed by atoms with van der Waals surface area (Å²) in [6.45, 7) is 0.186. The van der Waals surface area contributed by atoms with Crippen molar-refractivity contribution in [2.24, 2.45) is 5.92 Å². The van der Waals surface area contributed by atoms with Gasteiger partial charge in [-0.15, -0.1) is 0 Å². The number of fused-ring (bicyclic) bond motifs is 1. The molecule has 2 heterocycles. The van der Waals surface area contributed by atoms with Crippen LogP contribution >= 0.6 is 0 Å². The first-order valence-electron chi connectivity index (χ1n) is 9.10. The van der Waals surface area contributed by atoms with Gasteiger partial charge >= 0.3 is 0 Å². The summed E-state index contributed by atoms with van der Waals surface area (Å²) in [5.74, 6) is 1.11. The first kappa shape index (κ1) is 17.3. The molecule has 1 aromatic carbocycles. The van der Waals surface area contributed by atoms with Gasteiger partial charge in [0.2, 0.25) is 12.7 Å². The lowest BCUT2D eigenvalue weighted by atomic mass is 9.85. The molecule has 2 aromatic rings. The molecule has 27 heavy (non-hydrogen) atoms. The van der Waals surface area contributed by atoms with Gasteiger partial charge in [-0.05, 0) is 56.0 Å². The lowest BCUT2D eigenvalue weighted by Crippen LogP contribution is -2.39. The van der Waals surface area contributed by atoms with E-state index in [1.807, 2.05) is 6.07 Å². The Hall–Kier alpha value is -3.09. The van der Waals surface area contributed by atoms with Crippen LogP contribution in [0, 0.1) is 5.92 Å². The van der Waals surface area contributed by atoms with E-state index >= 15 is 0 Å². The molecule has 0 unspecified atom stereocenters. The number of carbonyl (C=O) groups is 2. The molecule has 0 saturated heterocycles. The Morgan fingerprint density at radius 3 is 2.63 bits per heavy atom. The highest BCUT2D eigenvalue weighted by Gasteiger charge is 2.27. The molecule has 7 nitrogen and oxygen atoms in total. The SMILES string of the molecule is O=C(NC1CCC(C(=O)Nc2cccnc2)CC1)c1ccc2c(c1)OCO2. The fourth-order valence-corrected chi connectivity index (χ4v) is 3.49. The average Bonchev–Trinajstić information content (AvgIpc) is 3.17. The Labute approximate surface area is 157 Å². The van der Waals surface area contributed by atoms with Crippen LogP contribution in [0.1, 0.15) is 36.0 Å². The Kier molecular flexibility index (Phi) is 4.91. The maximum absolute atomic E-state index is 12.5. The number of aromatic nitrogens is 1. The Balaban J connectivity index is 1.28. The van der Waals surface area contributed by atoms with Gasteiger partial charge in [0.15, 0.2) is 11.5 Å². The largest absolute Gasteiger partial charge is 0.454 e. The normalized spacial score (nSPS) is 20.7. The molecule has 0 atom stereocenters. The van der Waals surface area contributed by atoms with E-state index in [0.717, 1.165) is 25.7 Å². The molecule has 0 bridgehead atoms. The van der Waals surface area contributed by atoms with Crippen LogP contribution in [0.5, 0.6) is 11.5 Å². The van der Waals surface area contributed by atoms with E-state index in [4.69, 9.17) is 9.47 Å². The quantitative estimate of drug-likeness (QED) is 0.867. The summed E-state index contributed by atoms with van der Waals surface area (Å²) < 4.78 is 10.6. The third kappa shape index (κ3) is 4.02. The molecule has 0 radical (unpaired) electrons. The van der Waals surface area contributed by atoms with Crippen molar-refractivity contribution in [2.45, 2.75) is 31.7 Å². The highest BCUT2D eigenvalue weighted by atomic mass is 16.7. The van der Waals surface area contributed by atoms with Crippen LogP contribution in [-0.4, -0.2) is 29.6 Å². The molecule has 4 rings (SSSR count). The third-order valence-corrected chi connectivity index (χ3v) is 5.00. The van der Waals surface area contributed by atoms with Gasteiger partial charge in [-0.2, -0.15) is 0 Å². The molecule has 1 aromatic heterocycles. The minimum Gasteiger partial charge on any atom is -0.454 e. The predicted molar refractivity (Wildman–Crippen MR) is 98.6 cm³/mol. The summed E-state index contributed by atoms with van der Waals surface area (Å²) >= 11 is 0. The molecule has 2 N–H and O–H groups in total. The third-order valence-electron chi connectivity index (χ3n) is 5.00. The van der Waals surface area contributed by atoms with E-state index in [0.29, 0.717) is 22.7 Å². The number of hydrogen-bond acceptors (Lipinski definition) is 5. The van der Waals surface area contributed by atoms with Gasteiger partial charge in [0.05, 0.1) is 11.9 Å². The molecule has 0 spiro atoms. The number of ether oxygens (including phenoxy) is 2. The van der Waals surface area contributed by atoms with Crippen LogP contribution in [0.3, 0.4) is 0 Å². The second-order valence-electron chi connectivity index (χ2n) is 6.82. The van der Waals surface area contributed by atoms with E-state index in [1.54, 1.807) is 36.7 Å². The van der Waals surface area contributed by atoms with Crippen LogP contribution in [-0.2, 0) is 4.79 Å². The number of benzene rings is 1. The molecule has 7 heteroatoms. The second kappa shape index (κ2) is 7.65. The zero-order valence-corrected chi connectivity index (χ0v) is 14.8. The molecule has 1 saturated carbocycles. The summed E-state index contributed by atoms with van der Waals surface area (Å²) in [5.41, 5.74) is 1.26. The van der Waals surface area contributed by atoms with Gasteiger partial charge in [-0.1, -0.05) is 0 Å². The van der Waals surface area contributed by atoms with Gasteiger partial charge in [-0.25, -0.2) is 0 Å². The van der Waals surface area contributed by atoms with Gasteiger partial charge in [0.1, 0.15) is 0 Å². The summed E-state index contributed by atoms with van der Waals surface area (Å²) in [4.78, 5) is 28.8. The summed E-state index contributed by atoms with van der Waals surface area (Å²) in [7, 11) is 0. The van der Waals surface area contributed by atoms with Gasteiger partial charge in [0, 0.05) is 23.7 Å². The summed E-state index contributed by atoms with van der Waals surface area (Å²) in [6.07, 6.45) is 6.36. The average molecular weight is 367 g/mol. The topological polar surface area (TPSA) is 89.6 Å². The van der Waals surface area contributed by atoms with Gasteiger partial charge < -0.3 is 20.1 Å². The predicted octanol–water partition coefficient (Wildman–Crippen LogP) is 2.74.